The summed E-state index contributed by atoms with van der Waals surface area (Å²) >= 11 is 0. The Hall–Kier alpha value is -1.10. The number of ether oxygens (including phenoxy) is 1. The van der Waals surface area contributed by atoms with Gasteiger partial charge in [0.25, 0.3) is 0 Å². The molecular weight excluding hydrogens is 306 g/mol. The van der Waals surface area contributed by atoms with Crippen LogP contribution in [0.5, 0.6) is 0 Å². The Morgan fingerprint density at radius 3 is 2.26 bits per heavy atom. The van der Waals surface area contributed by atoms with Crippen LogP contribution in [0, 0.1) is 0 Å². The fourth-order valence-electron chi connectivity index (χ4n) is 2.60. The zero-order valence-corrected chi connectivity index (χ0v) is 13.5. The average molecular weight is 331 g/mol. The van der Waals surface area contributed by atoms with E-state index in [9.17, 15) is 20.4 Å². The molecule has 9 nitrogen and oxygen atoms in total. The second-order valence-electron chi connectivity index (χ2n) is 6.74. The van der Waals surface area contributed by atoms with Crippen LogP contribution in [0.25, 0.3) is 0 Å². The maximum atomic E-state index is 10.2. The van der Waals surface area contributed by atoms with E-state index in [2.05, 4.69) is 10.1 Å². The van der Waals surface area contributed by atoms with Gasteiger partial charge in [0.05, 0.1) is 19.8 Å². The number of rotatable bonds is 4. The van der Waals surface area contributed by atoms with Gasteiger partial charge in [-0.1, -0.05) is 20.8 Å². The standard InChI is InChI=1S/C14H25N3O6/c1-14(2,3)13-15-12(16-17(13)4-5-18)11-10(22)9(21)8(20)7(6-19)23-11/h7-11,18-22H,4-6H2,1-3H3/t7-,8-,9+,10-,11-/m1/s1. The molecule has 2 rings (SSSR count). The molecule has 0 aliphatic carbocycles. The highest BCUT2D eigenvalue weighted by molar-refractivity contribution is 5.09. The minimum absolute atomic E-state index is 0.124. The van der Waals surface area contributed by atoms with Gasteiger partial charge in [-0.25, -0.2) is 9.67 Å². The quantitative estimate of drug-likeness (QED) is 0.430. The Bertz CT molecular complexity index is 527. The van der Waals surface area contributed by atoms with Crippen molar-refractivity contribution in [3.05, 3.63) is 11.6 Å². The van der Waals surface area contributed by atoms with Gasteiger partial charge in [0.2, 0.25) is 0 Å². The van der Waals surface area contributed by atoms with E-state index in [1.165, 1.54) is 4.68 Å². The van der Waals surface area contributed by atoms with Crippen LogP contribution >= 0.6 is 0 Å². The summed E-state index contributed by atoms with van der Waals surface area (Å²) in [7, 11) is 0. The van der Waals surface area contributed by atoms with Crippen LogP contribution in [0.3, 0.4) is 0 Å². The molecule has 1 aromatic heterocycles. The molecule has 9 heteroatoms. The highest BCUT2D eigenvalue weighted by Crippen LogP contribution is 2.32. The van der Waals surface area contributed by atoms with Crippen molar-refractivity contribution in [1.82, 2.24) is 14.8 Å². The van der Waals surface area contributed by atoms with Crippen molar-refractivity contribution >= 4 is 0 Å². The third kappa shape index (κ3) is 3.54. The highest BCUT2D eigenvalue weighted by atomic mass is 16.5. The van der Waals surface area contributed by atoms with E-state index < -0.39 is 37.1 Å². The summed E-state index contributed by atoms with van der Waals surface area (Å²) in [5.41, 5.74) is -0.353. The van der Waals surface area contributed by atoms with Gasteiger partial charge in [-0.2, -0.15) is 5.10 Å². The van der Waals surface area contributed by atoms with E-state index in [0.717, 1.165) is 0 Å². The second kappa shape index (κ2) is 6.80. The molecule has 1 aliphatic rings. The van der Waals surface area contributed by atoms with Crippen molar-refractivity contribution < 1.29 is 30.3 Å². The van der Waals surface area contributed by atoms with Crippen molar-refractivity contribution in [2.75, 3.05) is 13.2 Å². The molecule has 5 atom stereocenters. The van der Waals surface area contributed by atoms with Crippen molar-refractivity contribution in [2.45, 2.75) is 63.3 Å². The number of nitrogens with zero attached hydrogens (tertiary/aromatic N) is 3. The summed E-state index contributed by atoms with van der Waals surface area (Å²) in [6.07, 6.45) is -6.42. The Balaban J connectivity index is 2.37. The average Bonchev–Trinajstić information content (AvgIpc) is 2.89. The summed E-state index contributed by atoms with van der Waals surface area (Å²) < 4.78 is 6.99. The number of hydrogen-bond donors (Lipinski definition) is 5. The molecule has 2 heterocycles. The van der Waals surface area contributed by atoms with Gasteiger partial charge in [0, 0.05) is 5.41 Å². The molecule has 0 aromatic carbocycles. The summed E-state index contributed by atoms with van der Waals surface area (Å²) in [5, 5.41) is 52.5. The zero-order chi connectivity index (χ0) is 17.4. The van der Waals surface area contributed by atoms with Crippen molar-refractivity contribution in [3.8, 4) is 0 Å². The molecule has 1 aromatic rings. The van der Waals surface area contributed by atoms with Crippen LogP contribution < -0.4 is 0 Å². The van der Waals surface area contributed by atoms with Gasteiger partial charge in [0.15, 0.2) is 5.82 Å². The smallest absolute Gasteiger partial charge is 0.182 e. The molecular formula is C14H25N3O6. The Kier molecular flexibility index (Phi) is 5.39. The van der Waals surface area contributed by atoms with Crippen LogP contribution in [0.1, 0.15) is 38.5 Å². The zero-order valence-electron chi connectivity index (χ0n) is 13.5. The van der Waals surface area contributed by atoms with Crippen LogP contribution in [0.4, 0.5) is 0 Å². The third-order valence-corrected chi connectivity index (χ3v) is 3.82. The first-order valence-electron chi connectivity index (χ1n) is 7.57. The fraction of sp³-hybridized carbons (Fsp3) is 0.857. The molecule has 0 amide bonds. The first-order valence-corrected chi connectivity index (χ1v) is 7.57. The normalized spacial score (nSPS) is 32.3. The number of hydrogen-bond acceptors (Lipinski definition) is 8. The molecule has 1 fully saturated rings. The van der Waals surface area contributed by atoms with E-state index >= 15 is 0 Å². The Labute approximate surface area is 134 Å². The number of aliphatic hydroxyl groups is 5. The molecule has 0 radical (unpaired) electrons. The largest absolute Gasteiger partial charge is 0.394 e. The highest BCUT2D eigenvalue weighted by Gasteiger charge is 2.46. The molecule has 0 saturated carbocycles. The van der Waals surface area contributed by atoms with E-state index in [-0.39, 0.29) is 24.4 Å². The molecule has 1 saturated heterocycles. The van der Waals surface area contributed by atoms with Crippen molar-refractivity contribution in [2.24, 2.45) is 0 Å². The van der Waals surface area contributed by atoms with Crippen molar-refractivity contribution in [1.29, 1.82) is 0 Å². The maximum absolute atomic E-state index is 10.2. The summed E-state index contributed by atoms with van der Waals surface area (Å²) in [5.74, 6) is 0.735. The van der Waals surface area contributed by atoms with E-state index in [1.54, 1.807) is 0 Å². The molecule has 0 unspecified atom stereocenters. The van der Waals surface area contributed by atoms with Crippen LogP contribution in [-0.2, 0) is 16.7 Å². The van der Waals surface area contributed by atoms with E-state index in [1.807, 2.05) is 20.8 Å². The molecule has 1 aliphatic heterocycles. The SMILES string of the molecule is CC(C)(C)c1nc([C@@H]2O[C@H](CO)[C@@H](O)[C@H](O)[C@H]2O)nn1CCO. The minimum atomic E-state index is -1.48. The van der Waals surface area contributed by atoms with E-state index in [0.29, 0.717) is 5.82 Å². The van der Waals surface area contributed by atoms with Crippen molar-refractivity contribution in [3.63, 3.8) is 0 Å². The molecule has 132 valence electrons. The molecule has 0 bridgehead atoms. The van der Waals surface area contributed by atoms with Gasteiger partial charge in [-0.3, -0.25) is 0 Å². The Morgan fingerprint density at radius 1 is 1.09 bits per heavy atom. The lowest BCUT2D eigenvalue weighted by atomic mass is 9.94. The van der Waals surface area contributed by atoms with Gasteiger partial charge >= 0.3 is 0 Å². The summed E-state index contributed by atoms with van der Waals surface area (Å²) in [4.78, 5) is 4.38. The van der Waals surface area contributed by atoms with Gasteiger partial charge < -0.3 is 30.3 Å². The van der Waals surface area contributed by atoms with Gasteiger partial charge in [0.1, 0.15) is 36.3 Å². The molecule has 23 heavy (non-hydrogen) atoms. The second-order valence-corrected chi connectivity index (χ2v) is 6.74. The molecule has 5 N–H and O–H groups in total. The lowest BCUT2D eigenvalue weighted by Gasteiger charge is -2.38. The monoisotopic (exact) mass is 331 g/mol. The third-order valence-electron chi connectivity index (χ3n) is 3.82. The first kappa shape index (κ1) is 18.2. The van der Waals surface area contributed by atoms with Gasteiger partial charge in [-0.05, 0) is 0 Å². The van der Waals surface area contributed by atoms with Gasteiger partial charge in [-0.15, -0.1) is 0 Å². The first-order chi connectivity index (χ1) is 10.7. The minimum Gasteiger partial charge on any atom is -0.394 e. The predicted molar refractivity (Wildman–Crippen MR) is 78.5 cm³/mol. The van der Waals surface area contributed by atoms with Crippen LogP contribution in [0.2, 0.25) is 0 Å². The predicted octanol–water partition coefficient (Wildman–Crippen LogP) is -1.92. The fourth-order valence-corrected chi connectivity index (χ4v) is 2.60. The lowest BCUT2D eigenvalue weighted by Crippen LogP contribution is -2.55. The van der Waals surface area contributed by atoms with Crippen LogP contribution in [-0.4, -0.2) is 77.9 Å². The summed E-state index contributed by atoms with van der Waals surface area (Å²) in [6, 6.07) is 0. The summed E-state index contributed by atoms with van der Waals surface area (Å²) in [6.45, 7) is 5.40. The van der Waals surface area contributed by atoms with Crippen LogP contribution in [0.15, 0.2) is 0 Å². The molecule has 0 spiro atoms. The Morgan fingerprint density at radius 2 is 1.74 bits per heavy atom. The maximum Gasteiger partial charge on any atom is 0.182 e. The number of aromatic nitrogens is 3. The lowest BCUT2D eigenvalue weighted by molar-refractivity contribution is -0.233. The van der Waals surface area contributed by atoms with E-state index in [4.69, 9.17) is 9.84 Å². The topological polar surface area (TPSA) is 141 Å². The number of aliphatic hydroxyl groups excluding tert-OH is 5.